The second-order valence-electron chi connectivity index (χ2n) is 7.12. The Bertz CT molecular complexity index is 1280. The lowest BCUT2D eigenvalue weighted by Gasteiger charge is -2.02. The fraction of sp³-hybridized carbons (Fsp3) is 0.125. The number of nitrogens with one attached hydrogen (secondary N) is 1. The third-order valence-electron chi connectivity index (χ3n) is 4.93. The molecule has 0 aliphatic rings. The average molecular weight is 431 g/mol. The number of amides is 1. The summed E-state index contributed by atoms with van der Waals surface area (Å²) in [5.74, 6) is -0.173. The minimum atomic E-state index is -1.10. The Hall–Kier alpha value is -4.33. The van der Waals surface area contributed by atoms with Crippen LogP contribution in [-0.2, 0) is 17.8 Å². The van der Waals surface area contributed by atoms with E-state index in [1.165, 1.54) is 6.07 Å². The number of aromatic nitrogens is 1. The third kappa shape index (κ3) is 4.70. The van der Waals surface area contributed by atoms with E-state index >= 15 is 0 Å². The fourth-order valence-electron chi connectivity index (χ4n) is 3.40. The number of methoxy groups -OCH3 is 1. The number of benzene rings is 2. The number of aromatic carboxylic acids is 1. The van der Waals surface area contributed by atoms with E-state index in [2.05, 4.69) is 10.5 Å². The molecule has 0 fully saturated rings. The Kier molecular flexibility index (Phi) is 6.03. The summed E-state index contributed by atoms with van der Waals surface area (Å²) in [5, 5.41) is 14.1. The number of hydrogen-bond acceptors (Lipinski definition) is 5. The first kappa shape index (κ1) is 20.9. The van der Waals surface area contributed by atoms with Crippen LogP contribution >= 0.6 is 0 Å². The molecule has 2 aromatic heterocycles. The largest absolute Gasteiger partial charge is 0.497 e. The zero-order valence-corrected chi connectivity index (χ0v) is 17.3. The number of carboxylic acids is 1. The van der Waals surface area contributed by atoms with Crippen LogP contribution in [0.5, 0.6) is 5.75 Å². The molecular weight excluding hydrogens is 410 g/mol. The minimum Gasteiger partial charge on any atom is -0.497 e. The SMILES string of the molecule is COc1ccc(CC(=O)N/N=C/c2cn(Cc3ccc(C(=O)O)o3)c3ccccc23)cc1. The lowest BCUT2D eigenvalue weighted by Crippen LogP contribution is -2.19. The van der Waals surface area contributed by atoms with E-state index in [4.69, 9.17) is 14.3 Å². The van der Waals surface area contributed by atoms with Crippen molar-refractivity contribution in [2.45, 2.75) is 13.0 Å². The molecule has 0 saturated carbocycles. The third-order valence-corrected chi connectivity index (χ3v) is 4.93. The van der Waals surface area contributed by atoms with Crippen LogP contribution in [0, 0.1) is 0 Å². The topological polar surface area (TPSA) is 106 Å². The van der Waals surface area contributed by atoms with Crippen molar-refractivity contribution >= 4 is 29.0 Å². The van der Waals surface area contributed by atoms with Gasteiger partial charge in [-0.25, -0.2) is 10.2 Å². The number of rotatable bonds is 8. The zero-order valence-electron chi connectivity index (χ0n) is 17.3. The Morgan fingerprint density at radius 3 is 2.62 bits per heavy atom. The number of para-hydroxylation sites is 1. The van der Waals surface area contributed by atoms with Gasteiger partial charge in [0.1, 0.15) is 11.5 Å². The molecule has 0 aliphatic heterocycles. The van der Waals surface area contributed by atoms with E-state index in [0.29, 0.717) is 12.3 Å². The molecular formula is C24H21N3O5. The molecule has 0 unspecified atom stereocenters. The zero-order chi connectivity index (χ0) is 22.5. The molecule has 2 N–H and O–H groups in total. The summed E-state index contributed by atoms with van der Waals surface area (Å²) < 4.78 is 12.4. The van der Waals surface area contributed by atoms with E-state index < -0.39 is 5.97 Å². The van der Waals surface area contributed by atoms with Crippen LogP contribution in [0.3, 0.4) is 0 Å². The molecule has 0 radical (unpaired) electrons. The molecule has 162 valence electrons. The van der Waals surface area contributed by atoms with Crippen molar-refractivity contribution in [2.24, 2.45) is 5.10 Å². The van der Waals surface area contributed by atoms with E-state index in [-0.39, 0.29) is 18.1 Å². The lowest BCUT2D eigenvalue weighted by molar-refractivity contribution is -0.120. The van der Waals surface area contributed by atoms with Crippen LogP contribution in [0.15, 0.2) is 76.4 Å². The summed E-state index contributed by atoms with van der Waals surface area (Å²) >= 11 is 0. The van der Waals surface area contributed by atoms with Gasteiger partial charge < -0.3 is 18.8 Å². The normalized spacial score (nSPS) is 11.2. The Morgan fingerprint density at radius 1 is 1.12 bits per heavy atom. The highest BCUT2D eigenvalue weighted by molar-refractivity contribution is 5.99. The van der Waals surface area contributed by atoms with Gasteiger partial charge in [0.2, 0.25) is 11.7 Å². The molecule has 0 bridgehead atoms. The summed E-state index contributed by atoms with van der Waals surface area (Å²) in [5.41, 5.74) is 5.16. The fourth-order valence-corrected chi connectivity index (χ4v) is 3.40. The van der Waals surface area contributed by atoms with E-state index in [9.17, 15) is 9.59 Å². The van der Waals surface area contributed by atoms with Gasteiger partial charge in [0.25, 0.3) is 0 Å². The average Bonchev–Trinajstić information content (AvgIpc) is 3.40. The Labute approximate surface area is 183 Å². The monoisotopic (exact) mass is 431 g/mol. The van der Waals surface area contributed by atoms with Crippen LogP contribution in [0.4, 0.5) is 0 Å². The number of carboxylic acid groups (broad SMARTS) is 1. The summed E-state index contributed by atoms with van der Waals surface area (Å²) in [6.07, 6.45) is 3.68. The lowest BCUT2D eigenvalue weighted by atomic mass is 10.1. The summed E-state index contributed by atoms with van der Waals surface area (Å²) in [4.78, 5) is 23.2. The van der Waals surface area contributed by atoms with E-state index in [1.807, 2.05) is 47.2 Å². The second-order valence-corrected chi connectivity index (χ2v) is 7.12. The minimum absolute atomic E-state index is 0.0992. The van der Waals surface area contributed by atoms with Gasteiger partial charge >= 0.3 is 5.97 Å². The Morgan fingerprint density at radius 2 is 1.91 bits per heavy atom. The molecule has 2 heterocycles. The first-order chi connectivity index (χ1) is 15.5. The molecule has 4 rings (SSSR count). The van der Waals surface area contributed by atoms with Crippen LogP contribution in [0.25, 0.3) is 10.9 Å². The molecule has 4 aromatic rings. The first-order valence-electron chi connectivity index (χ1n) is 9.88. The number of carbonyl (C=O) groups is 2. The highest BCUT2D eigenvalue weighted by Crippen LogP contribution is 2.22. The van der Waals surface area contributed by atoms with Crippen LogP contribution in [0.2, 0.25) is 0 Å². The number of ether oxygens (including phenoxy) is 1. The van der Waals surface area contributed by atoms with Crippen molar-refractivity contribution in [2.75, 3.05) is 7.11 Å². The number of furan rings is 1. The number of nitrogens with zero attached hydrogens (tertiary/aromatic N) is 2. The maximum Gasteiger partial charge on any atom is 0.371 e. The van der Waals surface area contributed by atoms with Crippen LogP contribution in [0.1, 0.15) is 27.4 Å². The molecule has 0 aliphatic carbocycles. The molecule has 1 amide bonds. The van der Waals surface area contributed by atoms with Gasteiger partial charge in [-0.05, 0) is 35.9 Å². The van der Waals surface area contributed by atoms with Gasteiger partial charge in [-0.2, -0.15) is 5.10 Å². The van der Waals surface area contributed by atoms with Crippen molar-refractivity contribution in [3.8, 4) is 5.75 Å². The van der Waals surface area contributed by atoms with Gasteiger partial charge in [0, 0.05) is 22.7 Å². The second kappa shape index (κ2) is 9.22. The van der Waals surface area contributed by atoms with E-state index in [1.54, 1.807) is 31.5 Å². The molecule has 8 heteroatoms. The van der Waals surface area contributed by atoms with E-state index in [0.717, 1.165) is 27.8 Å². The van der Waals surface area contributed by atoms with Crippen molar-refractivity contribution in [3.05, 3.63) is 89.5 Å². The van der Waals surface area contributed by atoms with Gasteiger partial charge in [-0.1, -0.05) is 30.3 Å². The Balaban J connectivity index is 1.46. The van der Waals surface area contributed by atoms with Gasteiger partial charge in [-0.15, -0.1) is 0 Å². The molecule has 0 atom stereocenters. The maximum atomic E-state index is 12.2. The quantitative estimate of drug-likeness (QED) is 0.327. The maximum absolute atomic E-state index is 12.2. The summed E-state index contributed by atoms with van der Waals surface area (Å²) in [7, 11) is 1.59. The summed E-state index contributed by atoms with van der Waals surface area (Å²) in [6, 6.07) is 18.1. The van der Waals surface area contributed by atoms with Crippen molar-refractivity contribution in [3.63, 3.8) is 0 Å². The number of carbonyl (C=O) groups excluding carboxylic acids is 1. The number of hydrogen-bond donors (Lipinski definition) is 2. The van der Waals surface area contributed by atoms with Crippen molar-refractivity contribution in [1.29, 1.82) is 0 Å². The highest BCUT2D eigenvalue weighted by Gasteiger charge is 2.12. The molecule has 32 heavy (non-hydrogen) atoms. The molecule has 8 nitrogen and oxygen atoms in total. The van der Waals surface area contributed by atoms with Crippen LogP contribution < -0.4 is 10.2 Å². The molecule has 2 aromatic carbocycles. The number of hydrazone groups is 1. The highest BCUT2D eigenvalue weighted by atomic mass is 16.5. The van der Waals surface area contributed by atoms with Gasteiger partial charge in [0.05, 0.1) is 26.3 Å². The van der Waals surface area contributed by atoms with Gasteiger partial charge in [0.15, 0.2) is 0 Å². The van der Waals surface area contributed by atoms with Crippen LogP contribution in [-0.4, -0.2) is 34.9 Å². The summed E-state index contributed by atoms with van der Waals surface area (Å²) in [6.45, 7) is 0.367. The molecule has 0 saturated heterocycles. The van der Waals surface area contributed by atoms with Crippen molar-refractivity contribution in [1.82, 2.24) is 9.99 Å². The predicted molar refractivity (Wildman–Crippen MR) is 119 cm³/mol. The van der Waals surface area contributed by atoms with Gasteiger partial charge in [-0.3, -0.25) is 4.79 Å². The molecule has 0 spiro atoms. The number of fused-ring (bicyclic) bond motifs is 1. The van der Waals surface area contributed by atoms with Crippen molar-refractivity contribution < 1.29 is 23.8 Å². The first-order valence-corrected chi connectivity index (χ1v) is 9.88. The standard InChI is InChI=1S/C24H21N3O5/c1-31-18-8-6-16(7-9-18)12-23(28)26-25-13-17-14-27(21-5-3-2-4-20(17)21)15-19-10-11-22(32-19)24(29)30/h2-11,13-14H,12,15H2,1H3,(H,26,28)(H,29,30)/b25-13+. The smallest absolute Gasteiger partial charge is 0.371 e. The predicted octanol–water partition coefficient (Wildman–Crippen LogP) is 3.68.